The maximum atomic E-state index is 14.2. The maximum absolute atomic E-state index is 14.2. The van der Waals surface area contributed by atoms with E-state index in [1.54, 1.807) is 0 Å². The fraction of sp³-hybridized carbons (Fsp3) is 0.909. The summed E-state index contributed by atoms with van der Waals surface area (Å²) in [6.45, 7) is -3.80. The van der Waals surface area contributed by atoms with Gasteiger partial charge in [-0.1, -0.05) is 4.13 Å². The highest BCUT2D eigenvalue weighted by Gasteiger charge is 2.83. The molecule has 0 aliphatic carbocycles. The lowest BCUT2D eigenvalue weighted by molar-refractivity contribution is -0.245. The molecule has 0 spiro atoms. The van der Waals surface area contributed by atoms with Crippen LogP contribution in [0.5, 0.6) is 0 Å². The molecule has 0 atom stereocenters. The lowest BCUT2D eigenvalue weighted by Gasteiger charge is -2.38. The summed E-state index contributed by atoms with van der Waals surface area (Å²) in [5.41, 5.74) is -6.65. The first-order chi connectivity index (χ1) is 14.9. The summed E-state index contributed by atoms with van der Waals surface area (Å²) in [6.07, 6.45) is 0. The molecule has 0 unspecified atom stereocenters. The lowest BCUT2D eigenvalue weighted by Crippen LogP contribution is -2.66. The van der Waals surface area contributed by atoms with Gasteiger partial charge in [-0.3, -0.25) is 9.69 Å². The average Bonchev–Trinajstić information content (AvgIpc) is 2.66. The van der Waals surface area contributed by atoms with Crippen molar-refractivity contribution in [3.05, 3.63) is 0 Å². The van der Waals surface area contributed by atoms with E-state index < -0.39 is 99.1 Å². The number of hydrogen-bond acceptors (Lipinski definition) is 9. The van der Waals surface area contributed by atoms with Gasteiger partial charge in [0, 0.05) is 26.2 Å². The monoisotopic (exact) mass is 583 g/mol. The van der Waals surface area contributed by atoms with Crippen LogP contribution < -0.4 is 4.13 Å². The van der Waals surface area contributed by atoms with Crippen LogP contribution in [0.1, 0.15) is 0 Å². The molecular weight excluding hydrogens is 569 g/mol. The van der Waals surface area contributed by atoms with Crippen LogP contribution in [0.2, 0.25) is 0 Å². The lowest BCUT2D eigenvalue weighted by atomic mass is 10.3. The van der Waals surface area contributed by atoms with Crippen molar-refractivity contribution < 1.29 is 74.3 Å². The molecule has 0 aromatic rings. The van der Waals surface area contributed by atoms with Crippen LogP contribution >= 0.6 is 0 Å². The van der Waals surface area contributed by atoms with Crippen LogP contribution in [0.3, 0.4) is 0 Å². The number of halogens is 9. The summed E-state index contributed by atoms with van der Waals surface area (Å²) in [5, 5.41) is -14.4. The molecule has 34 heavy (non-hydrogen) atoms. The second-order valence-corrected chi connectivity index (χ2v) is 12.0. The van der Waals surface area contributed by atoms with Crippen LogP contribution in [-0.2, 0) is 39.6 Å². The molecule has 1 heterocycles. The van der Waals surface area contributed by atoms with Gasteiger partial charge in [0.1, 0.15) is 0 Å². The number of carbonyl (C=O) groups is 1. The van der Waals surface area contributed by atoms with E-state index in [0.29, 0.717) is 0 Å². The van der Waals surface area contributed by atoms with Gasteiger partial charge in [-0.05, 0) is 0 Å². The molecule has 0 bridgehead atoms. The third kappa shape index (κ3) is 5.22. The molecular formula is C11H14F9N3O8S3. The number of esters is 1. The second-order valence-electron chi connectivity index (χ2n) is 6.40. The smallest absolute Gasteiger partial charge is 0.468 e. The molecule has 23 heteroatoms. The molecule has 1 N–H and O–H groups in total. The topological polar surface area (TPSA) is 147 Å². The number of carbonyl (C=O) groups excluding carboxylic acids is 1. The van der Waals surface area contributed by atoms with Crippen LogP contribution in [-0.4, -0.2) is 102 Å². The molecule has 0 aromatic carbocycles. The Kier molecular flexibility index (Phi) is 8.30. The first-order valence-corrected chi connectivity index (χ1v) is 12.6. The van der Waals surface area contributed by atoms with Crippen molar-refractivity contribution in [3.63, 3.8) is 0 Å². The Morgan fingerprint density at radius 2 is 1.24 bits per heavy atom. The molecule has 0 aromatic heterocycles. The van der Waals surface area contributed by atoms with Gasteiger partial charge >= 0.3 is 37.9 Å². The summed E-state index contributed by atoms with van der Waals surface area (Å²) < 4.78 is 192. The molecule has 11 nitrogen and oxygen atoms in total. The quantitative estimate of drug-likeness (QED) is 0.285. The third-order valence-electron chi connectivity index (χ3n) is 4.17. The Morgan fingerprint density at radius 1 is 0.794 bits per heavy atom. The van der Waals surface area contributed by atoms with Gasteiger partial charge in [0.2, 0.25) is 0 Å². The summed E-state index contributed by atoms with van der Waals surface area (Å²) >= 11 is 0. The highest BCUT2D eigenvalue weighted by molar-refractivity contribution is 8.05. The fourth-order valence-electron chi connectivity index (χ4n) is 2.28. The van der Waals surface area contributed by atoms with E-state index in [0.717, 1.165) is 12.0 Å². The van der Waals surface area contributed by atoms with E-state index in [1.807, 2.05) is 0 Å². The van der Waals surface area contributed by atoms with Gasteiger partial charge in [0.15, 0.2) is 0 Å². The molecule has 0 amide bonds. The largest absolute Gasteiger partial charge is 0.512 e. The van der Waals surface area contributed by atoms with Gasteiger partial charge in [-0.25, -0.2) is 25.3 Å². The molecule has 1 aliphatic rings. The van der Waals surface area contributed by atoms with Crippen LogP contribution in [0.4, 0.5) is 39.5 Å². The standard InChI is InChI=1S/C11H14F9N3O8S3/c1-31-7(24)6-22-2-4-23(5-3-22)34(29,30)10(16,17)8(12,13)9(14,15)32(25,26)21-33(27,28)11(18,19)20/h21H,2-6H2,1H3. The van der Waals surface area contributed by atoms with E-state index in [-0.39, 0.29) is 0 Å². The Hall–Kier alpha value is -1.43. The Labute approximate surface area is 185 Å². The maximum Gasteiger partial charge on any atom is 0.512 e. The van der Waals surface area contributed by atoms with Crippen molar-refractivity contribution in [2.45, 2.75) is 21.9 Å². The predicted molar refractivity (Wildman–Crippen MR) is 90.8 cm³/mol. The van der Waals surface area contributed by atoms with Crippen molar-refractivity contribution in [2.75, 3.05) is 39.8 Å². The van der Waals surface area contributed by atoms with Gasteiger partial charge < -0.3 is 4.74 Å². The second kappa shape index (κ2) is 9.22. The summed E-state index contributed by atoms with van der Waals surface area (Å²) in [7, 11) is -21.0. The number of methoxy groups -OCH3 is 1. The molecule has 1 saturated heterocycles. The Bertz CT molecular complexity index is 1100. The minimum Gasteiger partial charge on any atom is -0.468 e. The Balaban J connectivity index is 3.30. The number of hydrogen-bond donors (Lipinski definition) is 1. The normalized spacial score (nSPS) is 18.6. The predicted octanol–water partition coefficient (Wildman–Crippen LogP) is -0.303. The fourth-order valence-corrected chi connectivity index (χ4v) is 6.18. The van der Waals surface area contributed by atoms with Crippen molar-refractivity contribution >= 4 is 36.0 Å². The van der Waals surface area contributed by atoms with Crippen LogP contribution in [0.25, 0.3) is 0 Å². The molecule has 0 saturated carbocycles. The summed E-state index contributed by atoms with van der Waals surface area (Å²) in [4.78, 5) is 12.2. The minimum atomic E-state index is -7.82. The molecule has 0 radical (unpaired) electrons. The van der Waals surface area contributed by atoms with Crippen molar-refractivity contribution in [3.8, 4) is 0 Å². The van der Waals surface area contributed by atoms with Crippen LogP contribution in [0.15, 0.2) is 0 Å². The number of sulfonamides is 3. The van der Waals surface area contributed by atoms with Gasteiger partial charge in [-0.2, -0.15) is 43.8 Å². The van der Waals surface area contributed by atoms with E-state index >= 15 is 0 Å². The van der Waals surface area contributed by atoms with E-state index in [2.05, 4.69) is 4.74 Å². The first kappa shape index (κ1) is 30.6. The molecule has 202 valence electrons. The zero-order valence-corrected chi connectivity index (χ0v) is 18.8. The van der Waals surface area contributed by atoms with Crippen LogP contribution in [0, 0.1) is 0 Å². The van der Waals surface area contributed by atoms with E-state index in [9.17, 15) is 69.6 Å². The van der Waals surface area contributed by atoms with Crippen molar-refractivity contribution in [1.82, 2.24) is 13.3 Å². The number of alkyl halides is 9. The average molecular weight is 583 g/mol. The van der Waals surface area contributed by atoms with Crippen molar-refractivity contribution in [2.24, 2.45) is 0 Å². The number of ether oxygens (including phenoxy) is 1. The number of piperazine rings is 1. The van der Waals surface area contributed by atoms with Gasteiger partial charge in [-0.15, -0.1) is 0 Å². The van der Waals surface area contributed by atoms with E-state index in [4.69, 9.17) is 0 Å². The molecule has 1 fully saturated rings. The van der Waals surface area contributed by atoms with Gasteiger partial charge in [0.25, 0.3) is 20.0 Å². The number of nitrogens with zero attached hydrogens (tertiary/aromatic N) is 2. The van der Waals surface area contributed by atoms with E-state index in [1.165, 1.54) is 0 Å². The molecule has 1 aliphatic heterocycles. The zero-order valence-electron chi connectivity index (χ0n) is 16.3. The highest BCUT2D eigenvalue weighted by atomic mass is 32.3. The SMILES string of the molecule is COC(=O)CN1CCN(S(=O)(=O)C(F)(F)C(F)(F)C(F)(F)S(=O)(=O)NS(=O)(=O)C(F)(F)F)CC1. The zero-order chi connectivity index (χ0) is 27.2. The highest BCUT2D eigenvalue weighted by Crippen LogP contribution is 2.51. The summed E-state index contributed by atoms with van der Waals surface area (Å²) in [6, 6.07) is 0. The minimum absolute atomic E-state index is 0.447. The van der Waals surface area contributed by atoms with Crippen molar-refractivity contribution in [1.29, 1.82) is 0 Å². The number of rotatable bonds is 9. The first-order valence-electron chi connectivity index (χ1n) is 8.16. The molecule has 1 rings (SSSR count). The Morgan fingerprint density at radius 3 is 1.62 bits per heavy atom. The third-order valence-corrected chi connectivity index (χ3v) is 9.41. The summed E-state index contributed by atoms with van der Waals surface area (Å²) in [5.74, 6) is -8.34. The number of nitrogens with one attached hydrogen (secondary N) is 1. The van der Waals surface area contributed by atoms with Gasteiger partial charge in [0.05, 0.1) is 13.7 Å².